The molecule has 10 heteroatoms. The normalized spacial score (nSPS) is 12.1. The number of nitro benzene ring substituents is 1. The average molecular weight is 420 g/mol. The van der Waals surface area contributed by atoms with Gasteiger partial charge in [0.15, 0.2) is 5.82 Å². The molecule has 0 atom stereocenters. The minimum Gasteiger partial charge on any atom is -0.469 e. The van der Waals surface area contributed by atoms with E-state index >= 15 is 0 Å². The highest BCUT2D eigenvalue weighted by molar-refractivity contribution is 7.15. The van der Waals surface area contributed by atoms with Gasteiger partial charge >= 0.3 is 0 Å². The molecule has 4 heterocycles. The predicted molar refractivity (Wildman–Crippen MR) is 109 cm³/mol. The van der Waals surface area contributed by atoms with Gasteiger partial charge in [0, 0.05) is 23.8 Å². The van der Waals surface area contributed by atoms with Crippen LogP contribution in [0.1, 0.15) is 11.5 Å². The van der Waals surface area contributed by atoms with E-state index in [0.717, 1.165) is 5.56 Å². The van der Waals surface area contributed by atoms with Crippen molar-refractivity contribution in [2.75, 3.05) is 0 Å². The van der Waals surface area contributed by atoms with Gasteiger partial charge in [0.1, 0.15) is 21.8 Å². The molecule has 0 aliphatic carbocycles. The summed E-state index contributed by atoms with van der Waals surface area (Å²) in [5.41, 5.74) is 0.992. The van der Waals surface area contributed by atoms with Gasteiger partial charge in [-0.1, -0.05) is 23.5 Å². The molecule has 0 unspecified atom stereocenters. The highest BCUT2D eigenvalue weighted by atomic mass is 32.1. The van der Waals surface area contributed by atoms with E-state index in [0.29, 0.717) is 38.2 Å². The molecule has 30 heavy (non-hydrogen) atoms. The number of aromatic nitrogens is 3. The fraction of sp³-hybridized carbons (Fsp3) is 0.0500. The molecule has 1 aromatic carbocycles. The van der Waals surface area contributed by atoms with Crippen molar-refractivity contribution in [2.45, 2.75) is 6.92 Å². The molecule has 148 valence electrons. The Morgan fingerprint density at radius 1 is 1.23 bits per heavy atom. The average Bonchev–Trinajstić information content (AvgIpc) is 3.50. The SMILES string of the molecule is Cc1occc1-c1nc2s/c(=C\c3ccc(-c4cccc([N+](=O)[O-])c4)o3)c(=O)n2n1. The van der Waals surface area contributed by atoms with E-state index in [9.17, 15) is 14.9 Å². The summed E-state index contributed by atoms with van der Waals surface area (Å²) in [5, 5.41) is 15.2. The van der Waals surface area contributed by atoms with Crippen LogP contribution in [0, 0.1) is 17.0 Å². The number of hydrogen-bond acceptors (Lipinski definition) is 8. The zero-order chi connectivity index (χ0) is 20.8. The van der Waals surface area contributed by atoms with Crippen LogP contribution >= 0.6 is 11.3 Å². The lowest BCUT2D eigenvalue weighted by atomic mass is 10.1. The standard InChI is InChI=1S/C20H12N4O5S/c1-11-15(7-8-28-11)18-21-20-23(22-18)19(25)17(30-20)10-14-5-6-16(29-14)12-3-2-4-13(9-12)24(26)27/h2-10H,1H3/b17-10-. The third kappa shape index (κ3) is 2.99. The van der Waals surface area contributed by atoms with Crippen molar-refractivity contribution in [3.63, 3.8) is 0 Å². The van der Waals surface area contributed by atoms with Gasteiger partial charge in [0.2, 0.25) is 4.96 Å². The topological polar surface area (TPSA) is 117 Å². The van der Waals surface area contributed by atoms with Gasteiger partial charge in [-0.15, -0.1) is 5.10 Å². The number of thiazole rings is 1. The number of fused-ring (bicyclic) bond motifs is 1. The molecule has 0 spiro atoms. The van der Waals surface area contributed by atoms with Gasteiger partial charge in [-0.25, -0.2) is 0 Å². The molecule has 5 rings (SSSR count). The van der Waals surface area contributed by atoms with E-state index < -0.39 is 4.92 Å². The van der Waals surface area contributed by atoms with Gasteiger partial charge < -0.3 is 8.83 Å². The van der Waals surface area contributed by atoms with Crippen LogP contribution in [-0.4, -0.2) is 19.5 Å². The van der Waals surface area contributed by atoms with Crippen LogP contribution in [0.25, 0.3) is 33.7 Å². The first-order valence-corrected chi connectivity index (χ1v) is 9.62. The number of furan rings is 2. The molecule has 0 fully saturated rings. The molecule has 5 aromatic rings. The van der Waals surface area contributed by atoms with Gasteiger partial charge in [0.05, 0.1) is 16.7 Å². The van der Waals surface area contributed by atoms with Crippen molar-refractivity contribution in [2.24, 2.45) is 0 Å². The van der Waals surface area contributed by atoms with Crippen LogP contribution in [0.15, 0.2) is 62.4 Å². The maximum atomic E-state index is 12.7. The highest BCUT2D eigenvalue weighted by Gasteiger charge is 2.15. The first-order valence-electron chi connectivity index (χ1n) is 8.80. The van der Waals surface area contributed by atoms with Crippen LogP contribution in [0.3, 0.4) is 0 Å². The van der Waals surface area contributed by atoms with E-state index in [1.165, 1.54) is 28.0 Å². The Bertz CT molecular complexity index is 1520. The van der Waals surface area contributed by atoms with Gasteiger partial charge in [-0.2, -0.15) is 9.50 Å². The van der Waals surface area contributed by atoms with Crippen LogP contribution in [0.4, 0.5) is 5.69 Å². The fourth-order valence-corrected chi connectivity index (χ4v) is 3.94. The first kappa shape index (κ1) is 18.0. The zero-order valence-electron chi connectivity index (χ0n) is 15.4. The molecular weight excluding hydrogens is 408 g/mol. The molecule has 0 aliphatic heterocycles. The molecule has 0 N–H and O–H groups in total. The molecule has 4 aromatic heterocycles. The van der Waals surface area contributed by atoms with Crippen LogP contribution < -0.4 is 10.1 Å². The first-order chi connectivity index (χ1) is 14.5. The molecule has 0 amide bonds. The molecule has 9 nitrogen and oxygen atoms in total. The van der Waals surface area contributed by atoms with E-state index in [1.807, 2.05) is 0 Å². The number of nitro groups is 1. The molecule has 0 saturated heterocycles. The third-order valence-electron chi connectivity index (χ3n) is 4.52. The quantitative estimate of drug-likeness (QED) is 0.323. The summed E-state index contributed by atoms with van der Waals surface area (Å²) in [4.78, 5) is 28.1. The van der Waals surface area contributed by atoms with E-state index in [4.69, 9.17) is 8.83 Å². The lowest BCUT2D eigenvalue weighted by Gasteiger charge is -1.96. The monoisotopic (exact) mass is 420 g/mol. The van der Waals surface area contributed by atoms with Crippen LogP contribution in [0.5, 0.6) is 0 Å². The summed E-state index contributed by atoms with van der Waals surface area (Å²) >= 11 is 1.20. The summed E-state index contributed by atoms with van der Waals surface area (Å²) < 4.78 is 12.7. The van der Waals surface area contributed by atoms with Crippen LogP contribution in [-0.2, 0) is 0 Å². The summed E-state index contributed by atoms with van der Waals surface area (Å²) in [7, 11) is 0. The van der Waals surface area contributed by atoms with Gasteiger partial charge in [-0.05, 0) is 25.1 Å². The maximum absolute atomic E-state index is 12.7. The smallest absolute Gasteiger partial charge is 0.291 e. The second kappa shape index (κ2) is 6.78. The zero-order valence-corrected chi connectivity index (χ0v) is 16.3. The lowest BCUT2D eigenvalue weighted by molar-refractivity contribution is -0.384. The van der Waals surface area contributed by atoms with Crippen molar-refractivity contribution in [1.29, 1.82) is 0 Å². The largest absolute Gasteiger partial charge is 0.469 e. The summed E-state index contributed by atoms with van der Waals surface area (Å²) in [6.07, 6.45) is 3.15. The minimum atomic E-state index is -0.461. The number of non-ortho nitro benzene ring substituents is 1. The number of hydrogen-bond donors (Lipinski definition) is 0. The van der Waals surface area contributed by atoms with E-state index in [1.54, 1.807) is 49.6 Å². The number of aryl methyl sites for hydroxylation is 1. The second-order valence-electron chi connectivity index (χ2n) is 6.45. The molecule has 0 bridgehead atoms. The molecule has 0 radical (unpaired) electrons. The molecule has 0 saturated carbocycles. The second-order valence-corrected chi connectivity index (χ2v) is 7.45. The van der Waals surface area contributed by atoms with Crippen molar-refractivity contribution >= 4 is 28.1 Å². The van der Waals surface area contributed by atoms with E-state index in [2.05, 4.69) is 10.1 Å². The predicted octanol–water partition coefficient (Wildman–Crippen LogP) is 3.44. The Hall–Kier alpha value is -4.05. The number of nitrogens with zero attached hydrogens (tertiary/aromatic N) is 4. The maximum Gasteiger partial charge on any atom is 0.291 e. The van der Waals surface area contributed by atoms with Gasteiger partial charge in [0.25, 0.3) is 11.2 Å². The minimum absolute atomic E-state index is 0.0227. The molecular formula is C20H12N4O5S. The third-order valence-corrected chi connectivity index (χ3v) is 5.48. The Morgan fingerprint density at radius 3 is 2.83 bits per heavy atom. The molecule has 0 aliphatic rings. The number of rotatable bonds is 4. The Morgan fingerprint density at radius 2 is 2.10 bits per heavy atom. The van der Waals surface area contributed by atoms with Crippen molar-refractivity contribution in [1.82, 2.24) is 14.6 Å². The highest BCUT2D eigenvalue weighted by Crippen LogP contribution is 2.26. The lowest BCUT2D eigenvalue weighted by Crippen LogP contribution is -2.23. The van der Waals surface area contributed by atoms with Crippen molar-refractivity contribution in [3.8, 4) is 22.7 Å². The fourth-order valence-electron chi connectivity index (χ4n) is 3.05. The van der Waals surface area contributed by atoms with Gasteiger partial charge in [-0.3, -0.25) is 14.9 Å². The number of benzene rings is 1. The van der Waals surface area contributed by atoms with Crippen LogP contribution in [0.2, 0.25) is 0 Å². The Balaban J connectivity index is 1.51. The van der Waals surface area contributed by atoms with E-state index in [-0.39, 0.29) is 11.2 Å². The van der Waals surface area contributed by atoms with Crippen molar-refractivity contribution in [3.05, 3.63) is 85.2 Å². The Labute approximate surface area is 171 Å². The summed E-state index contributed by atoms with van der Waals surface area (Å²) in [5.74, 6) is 2.03. The summed E-state index contributed by atoms with van der Waals surface area (Å²) in [6, 6.07) is 11.3. The van der Waals surface area contributed by atoms with Crippen molar-refractivity contribution < 1.29 is 13.8 Å². The Kier molecular flexibility index (Phi) is 4.07. The summed E-state index contributed by atoms with van der Waals surface area (Å²) in [6.45, 7) is 1.80.